The van der Waals surface area contributed by atoms with Crippen LogP contribution in [0.1, 0.15) is 0 Å². The number of methoxy groups -OCH3 is 1. The molecule has 0 saturated carbocycles. The average molecular weight is 395 g/mol. The number of ether oxygens (including phenoxy) is 1. The van der Waals surface area contributed by atoms with Gasteiger partial charge in [0, 0.05) is 20.8 Å². The first-order valence-corrected chi connectivity index (χ1v) is 8.56. The van der Waals surface area contributed by atoms with E-state index in [1.54, 1.807) is 7.11 Å². The molecule has 0 bridgehead atoms. The molecule has 0 saturated heterocycles. The van der Waals surface area contributed by atoms with Gasteiger partial charge in [0.1, 0.15) is 11.4 Å². The summed E-state index contributed by atoms with van der Waals surface area (Å²) in [5, 5.41) is 2.89. The van der Waals surface area contributed by atoms with Gasteiger partial charge >= 0.3 is 0 Å². The van der Waals surface area contributed by atoms with Gasteiger partial charge in [-0.25, -0.2) is 0 Å². The summed E-state index contributed by atoms with van der Waals surface area (Å²) in [6.45, 7) is 0. The fourth-order valence-electron chi connectivity index (χ4n) is 3.19. The first-order chi connectivity index (χ1) is 12.1. The minimum absolute atomic E-state index is 0.197. The SMILES string of the molecule is COc1cccc(-c2c(N)c(=O)[nH]c3c2cc(Br)c2ccccc23)c1. The quantitative estimate of drug-likeness (QED) is 0.484. The first kappa shape index (κ1) is 15.7. The molecule has 0 aliphatic heterocycles. The Bertz CT molecular complexity index is 1180. The molecule has 4 nitrogen and oxygen atoms in total. The lowest BCUT2D eigenvalue weighted by Crippen LogP contribution is -2.13. The van der Waals surface area contributed by atoms with Crippen LogP contribution in [0.2, 0.25) is 0 Å². The lowest BCUT2D eigenvalue weighted by Gasteiger charge is -2.13. The standard InChI is InChI=1S/C20H15BrN2O2/c1-25-12-6-4-5-11(9-12)17-15-10-16(21)13-7-2-3-8-14(13)19(15)23-20(24)18(17)22/h2-10H,22H2,1H3,(H,23,24). The van der Waals surface area contributed by atoms with E-state index >= 15 is 0 Å². The summed E-state index contributed by atoms with van der Waals surface area (Å²) in [7, 11) is 1.61. The highest BCUT2D eigenvalue weighted by Gasteiger charge is 2.16. The van der Waals surface area contributed by atoms with E-state index in [0.29, 0.717) is 11.3 Å². The van der Waals surface area contributed by atoms with Crippen molar-refractivity contribution in [2.75, 3.05) is 12.8 Å². The minimum atomic E-state index is -0.294. The zero-order valence-electron chi connectivity index (χ0n) is 13.5. The van der Waals surface area contributed by atoms with Gasteiger partial charge in [0.25, 0.3) is 5.56 Å². The zero-order valence-corrected chi connectivity index (χ0v) is 15.1. The van der Waals surface area contributed by atoms with E-state index in [1.807, 2.05) is 54.6 Å². The summed E-state index contributed by atoms with van der Waals surface area (Å²) in [6, 6.07) is 17.5. The van der Waals surface area contributed by atoms with E-state index in [9.17, 15) is 4.79 Å². The Kier molecular flexibility index (Phi) is 3.73. The number of halogens is 1. The minimum Gasteiger partial charge on any atom is -0.497 e. The number of hydrogen-bond donors (Lipinski definition) is 2. The number of pyridine rings is 1. The highest BCUT2D eigenvalue weighted by atomic mass is 79.9. The maximum absolute atomic E-state index is 12.5. The number of fused-ring (bicyclic) bond motifs is 3. The summed E-state index contributed by atoms with van der Waals surface area (Å²) < 4.78 is 6.27. The number of benzene rings is 3. The van der Waals surface area contributed by atoms with E-state index in [-0.39, 0.29) is 11.2 Å². The predicted molar refractivity (Wildman–Crippen MR) is 106 cm³/mol. The topological polar surface area (TPSA) is 68.1 Å². The van der Waals surface area contributed by atoms with Gasteiger partial charge in [-0.15, -0.1) is 0 Å². The Morgan fingerprint density at radius 1 is 1.00 bits per heavy atom. The number of nitrogens with one attached hydrogen (secondary N) is 1. The van der Waals surface area contributed by atoms with E-state index in [4.69, 9.17) is 10.5 Å². The zero-order chi connectivity index (χ0) is 17.6. The van der Waals surface area contributed by atoms with E-state index in [2.05, 4.69) is 20.9 Å². The summed E-state index contributed by atoms with van der Waals surface area (Å²) in [4.78, 5) is 15.4. The van der Waals surface area contributed by atoms with E-state index in [1.165, 1.54) is 0 Å². The Morgan fingerprint density at radius 3 is 2.52 bits per heavy atom. The van der Waals surface area contributed by atoms with Crippen molar-refractivity contribution in [2.45, 2.75) is 0 Å². The molecule has 0 spiro atoms. The Balaban J connectivity index is 2.20. The van der Waals surface area contributed by atoms with Gasteiger partial charge < -0.3 is 15.5 Å². The summed E-state index contributed by atoms with van der Waals surface area (Å²) in [6.07, 6.45) is 0. The smallest absolute Gasteiger partial charge is 0.272 e. The monoisotopic (exact) mass is 394 g/mol. The summed E-state index contributed by atoms with van der Waals surface area (Å²) in [5.74, 6) is 0.713. The molecular weight excluding hydrogens is 380 g/mol. The second-order valence-electron chi connectivity index (χ2n) is 5.80. The number of nitrogens with two attached hydrogens (primary N) is 1. The Morgan fingerprint density at radius 2 is 1.76 bits per heavy atom. The van der Waals surface area contributed by atoms with Crippen LogP contribution in [0.3, 0.4) is 0 Å². The second-order valence-corrected chi connectivity index (χ2v) is 6.66. The van der Waals surface area contributed by atoms with Gasteiger partial charge in [-0.3, -0.25) is 4.79 Å². The van der Waals surface area contributed by atoms with Crippen LogP contribution >= 0.6 is 15.9 Å². The van der Waals surface area contributed by atoms with Crippen molar-refractivity contribution in [2.24, 2.45) is 0 Å². The molecular formula is C20H15BrN2O2. The van der Waals surface area contributed by atoms with Crippen LogP contribution in [-0.4, -0.2) is 12.1 Å². The van der Waals surface area contributed by atoms with Gasteiger partial charge in [-0.05, 0) is 29.1 Å². The van der Waals surface area contributed by atoms with Crippen LogP contribution in [0.15, 0.2) is 63.9 Å². The van der Waals surface area contributed by atoms with Gasteiger partial charge in [0.2, 0.25) is 0 Å². The molecule has 4 rings (SSSR count). The van der Waals surface area contributed by atoms with Crippen LogP contribution in [0.5, 0.6) is 5.75 Å². The molecule has 0 fully saturated rings. The van der Waals surface area contributed by atoms with Crippen molar-refractivity contribution in [3.05, 3.63) is 69.4 Å². The Hall–Kier alpha value is -2.79. The molecule has 0 amide bonds. The number of nitrogen functional groups attached to an aromatic ring is 1. The van der Waals surface area contributed by atoms with Crippen molar-refractivity contribution >= 4 is 43.3 Å². The number of H-pyrrole nitrogens is 1. The third-order valence-electron chi connectivity index (χ3n) is 4.37. The molecule has 0 aliphatic carbocycles. The third kappa shape index (κ3) is 2.48. The summed E-state index contributed by atoms with van der Waals surface area (Å²) >= 11 is 3.64. The molecule has 25 heavy (non-hydrogen) atoms. The van der Waals surface area contributed by atoms with Crippen molar-refractivity contribution in [3.63, 3.8) is 0 Å². The fourth-order valence-corrected chi connectivity index (χ4v) is 3.77. The van der Waals surface area contributed by atoms with Gasteiger partial charge in [0.05, 0.1) is 12.6 Å². The first-order valence-electron chi connectivity index (χ1n) is 7.77. The number of aromatic nitrogens is 1. The molecule has 1 heterocycles. The third-order valence-corrected chi connectivity index (χ3v) is 5.03. The average Bonchev–Trinajstić information content (AvgIpc) is 2.64. The number of rotatable bonds is 2. The van der Waals surface area contributed by atoms with Crippen LogP contribution < -0.4 is 16.0 Å². The van der Waals surface area contributed by atoms with Crippen molar-refractivity contribution < 1.29 is 4.74 Å². The van der Waals surface area contributed by atoms with Crippen molar-refractivity contribution in [1.82, 2.24) is 4.98 Å². The van der Waals surface area contributed by atoms with Crippen molar-refractivity contribution in [3.8, 4) is 16.9 Å². The fraction of sp³-hybridized carbons (Fsp3) is 0.0500. The molecule has 1 aromatic heterocycles. The number of hydrogen-bond acceptors (Lipinski definition) is 3. The lowest BCUT2D eigenvalue weighted by molar-refractivity contribution is 0.415. The number of aromatic amines is 1. The number of anilines is 1. The highest BCUT2D eigenvalue weighted by molar-refractivity contribution is 9.10. The van der Waals surface area contributed by atoms with Gasteiger partial charge in [-0.2, -0.15) is 0 Å². The van der Waals surface area contributed by atoms with Crippen LogP contribution in [0, 0.1) is 0 Å². The highest BCUT2D eigenvalue weighted by Crippen LogP contribution is 2.38. The molecule has 3 N–H and O–H groups in total. The second kappa shape index (κ2) is 5.93. The predicted octanol–water partition coefficient (Wildman–Crippen LogP) is 4.70. The molecule has 4 aromatic rings. The largest absolute Gasteiger partial charge is 0.497 e. The molecule has 0 atom stereocenters. The maximum Gasteiger partial charge on any atom is 0.272 e. The van der Waals surface area contributed by atoms with E-state index in [0.717, 1.165) is 31.7 Å². The van der Waals surface area contributed by atoms with Crippen LogP contribution in [-0.2, 0) is 0 Å². The van der Waals surface area contributed by atoms with Gasteiger partial charge in [-0.1, -0.05) is 52.3 Å². The maximum atomic E-state index is 12.5. The molecule has 5 heteroatoms. The van der Waals surface area contributed by atoms with Crippen molar-refractivity contribution in [1.29, 1.82) is 0 Å². The van der Waals surface area contributed by atoms with Crippen LogP contribution in [0.25, 0.3) is 32.8 Å². The van der Waals surface area contributed by atoms with E-state index < -0.39 is 0 Å². The molecule has 124 valence electrons. The molecule has 0 aliphatic rings. The molecule has 0 radical (unpaired) electrons. The molecule has 0 unspecified atom stereocenters. The van der Waals surface area contributed by atoms with Crippen LogP contribution in [0.4, 0.5) is 5.69 Å². The Labute approximate surface area is 152 Å². The van der Waals surface area contributed by atoms with Gasteiger partial charge in [0.15, 0.2) is 0 Å². The summed E-state index contributed by atoms with van der Waals surface area (Å²) in [5.41, 5.74) is 8.40. The lowest BCUT2D eigenvalue weighted by atomic mass is 9.96. The molecule has 3 aromatic carbocycles. The normalized spacial score (nSPS) is 11.1.